The summed E-state index contributed by atoms with van der Waals surface area (Å²) in [7, 11) is 0. The van der Waals surface area contributed by atoms with Crippen LogP contribution in [-0.4, -0.2) is 17.7 Å². The highest BCUT2D eigenvalue weighted by atomic mass is 35.5. The molecular weight excluding hydrogens is 330 g/mol. The number of hydrogen-bond acceptors (Lipinski definition) is 2. The van der Waals surface area contributed by atoms with Crippen LogP contribution in [-0.2, 0) is 6.54 Å². The van der Waals surface area contributed by atoms with Crippen LogP contribution in [0.5, 0.6) is 0 Å². The minimum absolute atomic E-state index is 0. The second-order valence-electron chi connectivity index (χ2n) is 6.52. The lowest BCUT2D eigenvalue weighted by molar-refractivity contribution is 0.461. The maximum atomic E-state index is 9.35. The molecule has 0 unspecified atom stereocenters. The van der Waals surface area contributed by atoms with Crippen molar-refractivity contribution in [1.29, 1.82) is 5.26 Å². The van der Waals surface area contributed by atoms with Gasteiger partial charge in [0.1, 0.15) is 0 Å². The molecular formula is C21H22ClN3. The fourth-order valence-electron chi connectivity index (χ4n) is 3.82. The van der Waals surface area contributed by atoms with Crippen molar-refractivity contribution in [3.63, 3.8) is 0 Å². The van der Waals surface area contributed by atoms with Crippen LogP contribution >= 0.6 is 12.4 Å². The first-order valence-electron chi connectivity index (χ1n) is 8.63. The first-order valence-corrected chi connectivity index (χ1v) is 8.63. The minimum atomic E-state index is 0. The molecule has 1 aliphatic heterocycles. The highest BCUT2D eigenvalue weighted by Crippen LogP contribution is 2.33. The van der Waals surface area contributed by atoms with Gasteiger partial charge in [0.2, 0.25) is 0 Å². The Morgan fingerprint density at radius 3 is 2.56 bits per heavy atom. The van der Waals surface area contributed by atoms with Gasteiger partial charge in [-0.2, -0.15) is 5.26 Å². The highest BCUT2D eigenvalue weighted by Gasteiger charge is 2.20. The third-order valence-electron chi connectivity index (χ3n) is 5.08. The molecule has 0 radical (unpaired) electrons. The number of piperidine rings is 1. The van der Waals surface area contributed by atoms with E-state index in [-0.39, 0.29) is 12.4 Å². The molecule has 1 saturated heterocycles. The number of fused-ring (bicyclic) bond motifs is 1. The number of rotatable bonds is 3. The van der Waals surface area contributed by atoms with Gasteiger partial charge in [-0.3, -0.25) is 0 Å². The van der Waals surface area contributed by atoms with E-state index in [9.17, 15) is 5.26 Å². The largest absolute Gasteiger partial charge is 0.343 e. The molecule has 2 heterocycles. The van der Waals surface area contributed by atoms with Gasteiger partial charge in [-0.25, -0.2) is 0 Å². The molecule has 0 saturated carbocycles. The number of nitriles is 1. The van der Waals surface area contributed by atoms with Crippen molar-refractivity contribution in [3.8, 4) is 6.07 Å². The van der Waals surface area contributed by atoms with Gasteiger partial charge in [0, 0.05) is 23.6 Å². The van der Waals surface area contributed by atoms with E-state index >= 15 is 0 Å². The number of benzene rings is 2. The maximum absolute atomic E-state index is 9.35. The second-order valence-corrected chi connectivity index (χ2v) is 6.52. The van der Waals surface area contributed by atoms with E-state index in [4.69, 9.17) is 0 Å². The maximum Gasteiger partial charge on any atom is 0.0995 e. The molecule has 128 valence electrons. The molecule has 1 aromatic heterocycles. The summed E-state index contributed by atoms with van der Waals surface area (Å²) in [6.45, 7) is 2.94. The van der Waals surface area contributed by atoms with E-state index in [1.54, 1.807) is 0 Å². The van der Waals surface area contributed by atoms with Gasteiger partial charge in [0.05, 0.1) is 11.6 Å². The monoisotopic (exact) mass is 351 g/mol. The quantitative estimate of drug-likeness (QED) is 0.757. The van der Waals surface area contributed by atoms with Crippen molar-refractivity contribution >= 4 is 23.3 Å². The van der Waals surface area contributed by atoms with E-state index in [1.165, 1.54) is 29.3 Å². The predicted octanol–water partition coefficient (Wildman–Crippen LogP) is 4.45. The Labute approximate surface area is 154 Å². The number of para-hydroxylation sites is 1. The number of halogens is 1. The number of nitrogens with zero attached hydrogens (tertiary/aromatic N) is 2. The molecule has 3 nitrogen and oxygen atoms in total. The van der Waals surface area contributed by atoms with Crippen molar-refractivity contribution in [2.24, 2.45) is 0 Å². The average Bonchev–Trinajstić information content (AvgIpc) is 3.02. The van der Waals surface area contributed by atoms with Crippen LogP contribution in [0.4, 0.5) is 0 Å². The number of aromatic nitrogens is 1. The molecule has 0 amide bonds. The lowest BCUT2D eigenvalue weighted by atomic mass is 9.90. The van der Waals surface area contributed by atoms with Crippen molar-refractivity contribution < 1.29 is 0 Å². The Morgan fingerprint density at radius 1 is 1.04 bits per heavy atom. The van der Waals surface area contributed by atoms with Gasteiger partial charge in [-0.1, -0.05) is 36.4 Å². The Kier molecular flexibility index (Phi) is 5.43. The summed E-state index contributed by atoms with van der Waals surface area (Å²) in [5.41, 5.74) is 4.57. The van der Waals surface area contributed by atoms with Gasteiger partial charge in [-0.05, 0) is 55.1 Å². The summed E-state index contributed by atoms with van der Waals surface area (Å²) in [6.07, 6.45) is 4.71. The van der Waals surface area contributed by atoms with Crippen LogP contribution in [0.15, 0.2) is 54.7 Å². The van der Waals surface area contributed by atoms with E-state index in [0.717, 1.165) is 30.8 Å². The zero-order valence-corrected chi connectivity index (χ0v) is 14.9. The Hall–Kier alpha value is -2.28. The van der Waals surface area contributed by atoms with Crippen LogP contribution < -0.4 is 5.32 Å². The molecule has 1 aliphatic rings. The SMILES string of the molecule is Cl.N#Cc1ccccc1Cn1cc(C2CCNCC2)c2ccccc21. The van der Waals surface area contributed by atoms with E-state index in [2.05, 4.69) is 52.5 Å². The molecule has 0 aliphatic carbocycles. The van der Waals surface area contributed by atoms with Gasteiger partial charge >= 0.3 is 0 Å². The van der Waals surface area contributed by atoms with Crippen LogP contribution in [0.1, 0.15) is 35.4 Å². The second kappa shape index (κ2) is 7.74. The molecule has 0 atom stereocenters. The Morgan fingerprint density at radius 2 is 1.76 bits per heavy atom. The first-order chi connectivity index (χ1) is 11.9. The molecule has 1 fully saturated rings. The standard InChI is InChI=1S/C21H21N3.ClH/c22-13-17-5-1-2-6-18(17)14-24-15-20(16-9-11-23-12-10-16)19-7-3-4-8-21(19)24;/h1-8,15-16,23H,9-12,14H2;1H. The molecule has 4 heteroatoms. The van der Waals surface area contributed by atoms with Gasteiger partial charge in [0.25, 0.3) is 0 Å². The van der Waals surface area contributed by atoms with E-state index in [0.29, 0.717) is 5.92 Å². The van der Waals surface area contributed by atoms with Gasteiger partial charge < -0.3 is 9.88 Å². The molecule has 0 spiro atoms. The fourth-order valence-corrected chi connectivity index (χ4v) is 3.82. The molecule has 3 aromatic rings. The van der Waals surface area contributed by atoms with Crippen LogP contribution in [0.2, 0.25) is 0 Å². The van der Waals surface area contributed by atoms with E-state index < -0.39 is 0 Å². The minimum Gasteiger partial charge on any atom is -0.343 e. The van der Waals surface area contributed by atoms with E-state index in [1.807, 2.05) is 18.2 Å². The zero-order valence-electron chi connectivity index (χ0n) is 14.1. The predicted molar refractivity (Wildman–Crippen MR) is 104 cm³/mol. The average molecular weight is 352 g/mol. The van der Waals surface area contributed by atoms with Crippen molar-refractivity contribution in [2.75, 3.05) is 13.1 Å². The zero-order chi connectivity index (χ0) is 16.4. The highest BCUT2D eigenvalue weighted by molar-refractivity contribution is 5.85. The number of hydrogen-bond donors (Lipinski definition) is 1. The molecule has 4 rings (SSSR count). The van der Waals surface area contributed by atoms with Gasteiger partial charge in [-0.15, -0.1) is 12.4 Å². The van der Waals surface area contributed by atoms with Crippen LogP contribution in [0.25, 0.3) is 10.9 Å². The summed E-state index contributed by atoms with van der Waals surface area (Å²) >= 11 is 0. The first kappa shape index (κ1) is 17.5. The summed E-state index contributed by atoms with van der Waals surface area (Å²) in [5.74, 6) is 0.628. The summed E-state index contributed by atoms with van der Waals surface area (Å²) < 4.78 is 2.31. The third-order valence-corrected chi connectivity index (χ3v) is 5.08. The smallest absolute Gasteiger partial charge is 0.0995 e. The number of nitrogens with one attached hydrogen (secondary N) is 1. The van der Waals surface area contributed by atoms with Gasteiger partial charge in [0.15, 0.2) is 0 Å². The Bertz CT molecular complexity index is 901. The topological polar surface area (TPSA) is 40.8 Å². The summed E-state index contributed by atoms with van der Waals surface area (Å²) in [5, 5.41) is 14.2. The van der Waals surface area contributed by atoms with Crippen molar-refractivity contribution in [2.45, 2.75) is 25.3 Å². The van der Waals surface area contributed by atoms with Crippen molar-refractivity contribution in [3.05, 3.63) is 71.4 Å². The fraction of sp³-hybridized carbons (Fsp3) is 0.286. The lowest BCUT2D eigenvalue weighted by Gasteiger charge is -2.22. The normalized spacial score (nSPS) is 14.8. The van der Waals surface area contributed by atoms with Crippen molar-refractivity contribution in [1.82, 2.24) is 9.88 Å². The van der Waals surface area contributed by atoms with Crippen LogP contribution in [0, 0.1) is 11.3 Å². The Balaban J connectivity index is 0.00000182. The third kappa shape index (κ3) is 3.42. The summed E-state index contributed by atoms with van der Waals surface area (Å²) in [4.78, 5) is 0. The molecule has 25 heavy (non-hydrogen) atoms. The molecule has 2 aromatic carbocycles. The molecule has 1 N–H and O–H groups in total. The molecule has 0 bridgehead atoms. The van der Waals surface area contributed by atoms with Crippen LogP contribution in [0.3, 0.4) is 0 Å². The summed E-state index contributed by atoms with van der Waals surface area (Å²) in [6, 6.07) is 18.8. The lowest BCUT2D eigenvalue weighted by Crippen LogP contribution is -2.26.